The van der Waals surface area contributed by atoms with Crippen molar-refractivity contribution < 1.29 is 4.79 Å². The molecular weight excluding hydrogens is 328 g/mol. The standard InChI is InChI=1S/C19H22N6O/c1-25-10-8-13(21-19(26)22-14-5-4-9-20-12-14)11-17(25)18-23-15-6-2-3-7-16(15)24-18/h2-7,9,12-13,17H,8,10-11H2,1H3,(H,23,24)(H2,21,22,26). The van der Waals surface area contributed by atoms with Crippen LogP contribution in [0.2, 0.25) is 0 Å². The van der Waals surface area contributed by atoms with Crippen LogP contribution in [0.5, 0.6) is 0 Å². The van der Waals surface area contributed by atoms with Gasteiger partial charge in [0.25, 0.3) is 0 Å². The number of anilines is 1. The van der Waals surface area contributed by atoms with Crippen molar-refractivity contribution >= 4 is 22.8 Å². The largest absolute Gasteiger partial charge is 0.341 e. The number of piperidine rings is 1. The minimum atomic E-state index is -0.198. The number of H-pyrrole nitrogens is 1. The molecule has 0 aliphatic carbocycles. The van der Waals surface area contributed by atoms with E-state index in [1.807, 2.05) is 30.3 Å². The fourth-order valence-corrected chi connectivity index (χ4v) is 3.45. The van der Waals surface area contributed by atoms with Gasteiger partial charge < -0.3 is 15.6 Å². The summed E-state index contributed by atoms with van der Waals surface area (Å²) in [7, 11) is 2.10. The summed E-state index contributed by atoms with van der Waals surface area (Å²) in [4.78, 5) is 26.7. The van der Waals surface area contributed by atoms with E-state index < -0.39 is 0 Å². The van der Waals surface area contributed by atoms with Crippen molar-refractivity contribution in [2.45, 2.75) is 24.9 Å². The number of aromatic nitrogens is 3. The van der Waals surface area contributed by atoms with E-state index in [4.69, 9.17) is 4.98 Å². The number of carbonyl (C=O) groups excluding carboxylic acids is 1. The second-order valence-electron chi connectivity index (χ2n) is 6.70. The molecule has 2 amide bonds. The number of nitrogens with zero attached hydrogens (tertiary/aromatic N) is 3. The summed E-state index contributed by atoms with van der Waals surface area (Å²) in [5, 5.41) is 5.90. The average molecular weight is 350 g/mol. The van der Waals surface area contributed by atoms with E-state index in [9.17, 15) is 4.79 Å². The Hall–Kier alpha value is -2.93. The number of hydrogen-bond donors (Lipinski definition) is 3. The molecule has 3 heterocycles. The van der Waals surface area contributed by atoms with Crippen molar-refractivity contribution in [3.05, 3.63) is 54.6 Å². The number of fused-ring (bicyclic) bond motifs is 1. The molecule has 7 heteroatoms. The highest BCUT2D eigenvalue weighted by molar-refractivity contribution is 5.89. The highest BCUT2D eigenvalue weighted by Gasteiger charge is 2.30. The van der Waals surface area contributed by atoms with Gasteiger partial charge in [-0.1, -0.05) is 12.1 Å². The maximum atomic E-state index is 12.3. The quantitative estimate of drug-likeness (QED) is 0.678. The first-order valence-corrected chi connectivity index (χ1v) is 8.81. The molecule has 4 rings (SSSR count). The maximum absolute atomic E-state index is 12.3. The number of nitrogens with one attached hydrogen (secondary N) is 3. The number of benzene rings is 1. The zero-order valence-corrected chi connectivity index (χ0v) is 14.6. The van der Waals surface area contributed by atoms with Gasteiger partial charge in [0.1, 0.15) is 5.82 Å². The van der Waals surface area contributed by atoms with Crippen LogP contribution < -0.4 is 10.6 Å². The van der Waals surface area contributed by atoms with Gasteiger partial charge in [-0.15, -0.1) is 0 Å². The van der Waals surface area contributed by atoms with Crippen molar-refractivity contribution in [1.82, 2.24) is 25.2 Å². The summed E-state index contributed by atoms with van der Waals surface area (Å²) in [5.74, 6) is 0.952. The average Bonchev–Trinajstić information content (AvgIpc) is 3.08. The first kappa shape index (κ1) is 16.5. The van der Waals surface area contributed by atoms with E-state index in [0.717, 1.165) is 36.2 Å². The lowest BCUT2D eigenvalue weighted by atomic mass is 9.97. The highest BCUT2D eigenvalue weighted by atomic mass is 16.2. The van der Waals surface area contributed by atoms with Crippen molar-refractivity contribution in [3.8, 4) is 0 Å². The van der Waals surface area contributed by atoms with E-state index in [1.165, 1.54) is 0 Å². The van der Waals surface area contributed by atoms with Crippen molar-refractivity contribution in [2.75, 3.05) is 18.9 Å². The fraction of sp³-hybridized carbons (Fsp3) is 0.316. The molecule has 134 valence electrons. The first-order chi connectivity index (χ1) is 12.7. The van der Waals surface area contributed by atoms with Crippen molar-refractivity contribution in [3.63, 3.8) is 0 Å². The second kappa shape index (κ2) is 7.13. The van der Waals surface area contributed by atoms with Crippen LogP contribution in [0.4, 0.5) is 10.5 Å². The number of urea groups is 1. The van der Waals surface area contributed by atoms with Crippen LogP contribution >= 0.6 is 0 Å². The number of hydrogen-bond acceptors (Lipinski definition) is 4. The van der Waals surface area contributed by atoms with Gasteiger partial charge in [-0.3, -0.25) is 9.88 Å². The Morgan fingerprint density at radius 2 is 2.15 bits per heavy atom. The van der Waals surface area contributed by atoms with Crippen LogP contribution in [0.3, 0.4) is 0 Å². The molecule has 1 aliphatic heterocycles. The molecule has 2 unspecified atom stereocenters. The van der Waals surface area contributed by atoms with Gasteiger partial charge in [0.05, 0.1) is 29.0 Å². The SMILES string of the molecule is CN1CCC(NC(=O)Nc2cccnc2)CC1c1nc2ccccc2[nH]1. The molecule has 0 bridgehead atoms. The Morgan fingerprint density at radius 1 is 1.27 bits per heavy atom. The van der Waals surface area contributed by atoms with Crippen LogP contribution in [0.25, 0.3) is 11.0 Å². The number of para-hydroxylation sites is 2. The molecule has 3 N–H and O–H groups in total. The van der Waals surface area contributed by atoms with Gasteiger partial charge in [-0.05, 0) is 44.2 Å². The Labute approximate surface area is 151 Å². The number of imidazole rings is 1. The summed E-state index contributed by atoms with van der Waals surface area (Å²) in [6.45, 7) is 0.902. The third-order valence-corrected chi connectivity index (χ3v) is 4.85. The van der Waals surface area contributed by atoms with Crippen LogP contribution in [0.15, 0.2) is 48.8 Å². The molecule has 1 aromatic carbocycles. The minimum Gasteiger partial charge on any atom is -0.341 e. The Balaban J connectivity index is 1.43. The predicted molar refractivity (Wildman–Crippen MR) is 101 cm³/mol. The molecule has 1 fully saturated rings. The summed E-state index contributed by atoms with van der Waals surface area (Å²) in [6, 6.07) is 11.7. The van der Waals surface area contributed by atoms with Gasteiger partial charge in [-0.25, -0.2) is 9.78 Å². The smallest absolute Gasteiger partial charge is 0.319 e. The maximum Gasteiger partial charge on any atom is 0.319 e. The van der Waals surface area contributed by atoms with Crippen LogP contribution in [0.1, 0.15) is 24.7 Å². The van der Waals surface area contributed by atoms with E-state index in [-0.39, 0.29) is 18.1 Å². The van der Waals surface area contributed by atoms with E-state index in [0.29, 0.717) is 5.69 Å². The molecule has 26 heavy (non-hydrogen) atoms. The van der Waals surface area contributed by atoms with Crippen molar-refractivity contribution in [2.24, 2.45) is 0 Å². The summed E-state index contributed by atoms with van der Waals surface area (Å²) < 4.78 is 0. The molecule has 1 saturated heterocycles. The molecule has 1 aliphatic rings. The first-order valence-electron chi connectivity index (χ1n) is 8.81. The van der Waals surface area contributed by atoms with Crippen molar-refractivity contribution in [1.29, 1.82) is 0 Å². The molecule has 0 spiro atoms. The number of aromatic amines is 1. The molecular formula is C19H22N6O. The summed E-state index contributed by atoms with van der Waals surface area (Å²) >= 11 is 0. The van der Waals surface area contributed by atoms with Gasteiger partial charge in [0.15, 0.2) is 0 Å². The lowest BCUT2D eigenvalue weighted by Crippen LogP contribution is -2.46. The number of pyridine rings is 1. The zero-order chi connectivity index (χ0) is 17.9. The van der Waals surface area contributed by atoms with E-state index in [1.54, 1.807) is 18.5 Å². The Kier molecular flexibility index (Phi) is 4.53. The molecule has 7 nitrogen and oxygen atoms in total. The minimum absolute atomic E-state index is 0.0982. The van der Waals surface area contributed by atoms with Gasteiger partial charge in [0, 0.05) is 18.8 Å². The summed E-state index contributed by atoms with van der Waals surface area (Å²) in [6.07, 6.45) is 5.04. The number of rotatable bonds is 3. The molecule has 0 radical (unpaired) electrons. The van der Waals surface area contributed by atoms with E-state index in [2.05, 4.69) is 32.5 Å². The third kappa shape index (κ3) is 3.52. The number of likely N-dealkylation sites (tertiary alicyclic amines) is 1. The van der Waals surface area contributed by atoms with Crippen LogP contribution in [0, 0.1) is 0 Å². The topological polar surface area (TPSA) is 85.9 Å². The third-order valence-electron chi connectivity index (χ3n) is 4.85. The molecule has 0 saturated carbocycles. The van der Waals surface area contributed by atoms with Crippen LogP contribution in [-0.2, 0) is 0 Å². The number of amides is 2. The summed E-state index contributed by atoms with van der Waals surface area (Å²) in [5.41, 5.74) is 2.70. The Bertz CT molecular complexity index is 860. The molecule has 3 aromatic rings. The Morgan fingerprint density at radius 3 is 2.96 bits per heavy atom. The fourth-order valence-electron chi connectivity index (χ4n) is 3.45. The monoisotopic (exact) mass is 350 g/mol. The van der Waals surface area contributed by atoms with Crippen LogP contribution in [-0.4, -0.2) is 45.5 Å². The molecule has 2 atom stereocenters. The predicted octanol–water partition coefficient (Wildman–Crippen LogP) is 2.91. The van der Waals surface area contributed by atoms with E-state index >= 15 is 0 Å². The molecule has 2 aromatic heterocycles. The highest BCUT2D eigenvalue weighted by Crippen LogP contribution is 2.29. The van der Waals surface area contributed by atoms with Gasteiger partial charge >= 0.3 is 6.03 Å². The number of carbonyl (C=O) groups is 1. The van der Waals surface area contributed by atoms with Gasteiger partial charge in [0.2, 0.25) is 0 Å². The van der Waals surface area contributed by atoms with Gasteiger partial charge in [-0.2, -0.15) is 0 Å². The second-order valence-corrected chi connectivity index (χ2v) is 6.70. The normalized spacial score (nSPS) is 20.8. The lowest BCUT2D eigenvalue weighted by molar-refractivity contribution is 0.153. The zero-order valence-electron chi connectivity index (χ0n) is 14.6. The lowest BCUT2D eigenvalue weighted by Gasteiger charge is -2.36.